The lowest BCUT2D eigenvalue weighted by Crippen LogP contribution is -2.37. The molecule has 0 aliphatic heterocycles. The minimum atomic E-state index is -4.44. The monoisotopic (exact) mass is 215 g/mol. The zero-order valence-electron chi connectivity index (χ0n) is 7.60. The van der Waals surface area contributed by atoms with Crippen molar-refractivity contribution >= 4 is 5.91 Å². The van der Waals surface area contributed by atoms with Crippen LogP contribution in [0.1, 0.15) is 6.92 Å². The van der Waals surface area contributed by atoms with E-state index in [0.717, 1.165) is 0 Å². The van der Waals surface area contributed by atoms with Crippen molar-refractivity contribution in [2.45, 2.75) is 19.2 Å². The Hall–Kier alpha value is -0.820. The fourth-order valence-corrected chi connectivity index (χ4v) is 0.618. The molecule has 1 unspecified atom stereocenters. The third-order valence-corrected chi connectivity index (χ3v) is 1.28. The van der Waals surface area contributed by atoms with Gasteiger partial charge in [0.05, 0.1) is 6.61 Å². The maximum atomic E-state index is 11.6. The molecule has 2 N–H and O–H groups in total. The number of halogens is 3. The number of amides is 1. The molecule has 0 saturated carbocycles. The minimum absolute atomic E-state index is 0.00144. The second-order valence-corrected chi connectivity index (χ2v) is 2.58. The molecule has 0 bridgehead atoms. The van der Waals surface area contributed by atoms with Gasteiger partial charge in [0.2, 0.25) is 5.91 Å². The quantitative estimate of drug-likeness (QED) is 0.682. The van der Waals surface area contributed by atoms with Gasteiger partial charge in [0.25, 0.3) is 0 Å². The first-order valence-corrected chi connectivity index (χ1v) is 3.93. The van der Waals surface area contributed by atoms with Gasteiger partial charge < -0.3 is 15.2 Å². The van der Waals surface area contributed by atoms with Gasteiger partial charge in [0.15, 0.2) is 0 Å². The van der Waals surface area contributed by atoms with Crippen molar-refractivity contribution in [2.75, 3.05) is 19.8 Å². The molecule has 0 rings (SSSR count). The Kier molecular flexibility index (Phi) is 5.47. The number of rotatable bonds is 5. The van der Waals surface area contributed by atoms with E-state index in [1.54, 1.807) is 0 Å². The average molecular weight is 215 g/mol. The third-order valence-electron chi connectivity index (χ3n) is 1.28. The highest BCUT2D eigenvalue weighted by Crippen LogP contribution is 2.15. The molecule has 4 nitrogen and oxygen atoms in total. The van der Waals surface area contributed by atoms with Gasteiger partial charge in [-0.25, -0.2) is 0 Å². The normalized spacial score (nSPS) is 13.8. The Labute approximate surface area is 79.0 Å². The van der Waals surface area contributed by atoms with Crippen LogP contribution < -0.4 is 5.32 Å². The summed E-state index contributed by atoms with van der Waals surface area (Å²) in [6.45, 7) is -0.518. The zero-order chi connectivity index (χ0) is 11.2. The molecular weight excluding hydrogens is 203 g/mol. The molecule has 0 aromatic carbocycles. The number of carbonyl (C=O) groups is 1. The van der Waals surface area contributed by atoms with E-state index in [9.17, 15) is 18.0 Å². The molecule has 0 heterocycles. The fourth-order valence-electron chi connectivity index (χ4n) is 0.618. The lowest BCUT2D eigenvalue weighted by molar-refractivity contribution is -0.185. The van der Waals surface area contributed by atoms with Crippen LogP contribution in [0.25, 0.3) is 0 Å². The molecule has 0 spiro atoms. The molecule has 14 heavy (non-hydrogen) atoms. The number of aliphatic hydroxyl groups excluding tert-OH is 1. The summed E-state index contributed by atoms with van der Waals surface area (Å²) in [5.74, 6) is -0.678. The summed E-state index contributed by atoms with van der Waals surface area (Å²) < 4.78 is 39.2. The molecule has 7 heteroatoms. The summed E-state index contributed by atoms with van der Waals surface area (Å²) in [6, 6.07) is 0. The van der Waals surface area contributed by atoms with E-state index < -0.39 is 24.8 Å². The smallest absolute Gasteiger partial charge is 0.395 e. The largest absolute Gasteiger partial charge is 0.411 e. The number of aliphatic hydroxyl groups is 1. The van der Waals surface area contributed by atoms with Crippen molar-refractivity contribution in [2.24, 2.45) is 0 Å². The maximum absolute atomic E-state index is 11.6. The predicted molar refractivity (Wildman–Crippen MR) is 41.6 cm³/mol. The van der Waals surface area contributed by atoms with Crippen molar-refractivity contribution in [3.8, 4) is 0 Å². The van der Waals surface area contributed by atoms with Crippen LogP contribution in [-0.4, -0.2) is 43.1 Å². The first-order valence-electron chi connectivity index (χ1n) is 3.93. The van der Waals surface area contributed by atoms with E-state index in [-0.39, 0.29) is 13.2 Å². The van der Waals surface area contributed by atoms with Crippen LogP contribution in [0.5, 0.6) is 0 Å². The third kappa shape index (κ3) is 6.67. The van der Waals surface area contributed by atoms with Gasteiger partial charge >= 0.3 is 6.18 Å². The maximum Gasteiger partial charge on any atom is 0.411 e. The molecule has 0 aliphatic rings. The van der Waals surface area contributed by atoms with Crippen molar-refractivity contribution in [3.05, 3.63) is 0 Å². The van der Waals surface area contributed by atoms with Gasteiger partial charge in [-0.05, 0) is 6.92 Å². The first-order chi connectivity index (χ1) is 6.37. The first kappa shape index (κ1) is 13.2. The molecular formula is C7H12F3NO3. The van der Waals surface area contributed by atoms with E-state index in [4.69, 9.17) is 5.11 Å². The van der Waals surface area contributed by atoms with E-state index >= 15 is 0 Å². The summed E-state index contributed by atoms with van der Waals surface area (Å²) >= 11 is 0. The van der Waals surface area contributed by atoms with E-state index in [0.29, 0.717) is 0 Å². The second-order valence-electron chi connectivity index (χ2n) is 2.58. The van der Waals surface area contributed by atoms with Gasteiger partial charge in [-0.3, -0.25) is 4.79 Å². The van der Waals surface area contributed by atoms with Crippen LogP contribution in [0.15, 0.2) is 0 Å². The summed E-state index contributed by atoms with van der Waals surface area (Å²) in [7, 11) is 0. The molecule has 0 aliphatic carbocycles. The van der Waals surface area contributed by atoms with E-state index in [2.05, 4.69) is 10.1 Å². The fraction of sp³-hybridized carbons (Fsp3) is 0.857. The number of ether oxygens (including phenoxy) is 1. The van der Waals surface area contributed by atoms with Gasteiger partial charge in [0.1, 0.15) is 12.7 Å². The lowest BCUT2D eigenvalue weighted by atomic mass is 10.4. The Morgan fingerprint density at radius 3 is 2.57 bits per heavy atom. The number of hydrogen-bond acceptors (Lipinski definition) is 3. The Morgan fingerprint density at radius 2 is 2.14 bits per heavy atom. The predicted octanol–water partition coefficient (Wildman–Crippen LogP) is 0.0623. The van der Waals surface area contributed by atoms with Gasteiger partial charge in [-0.15, -0.1) is 0 Å². The molecule has 84 valence electrons. The van der Waals surface area contributed by atoms with E-state index in [1.807, 2.05) is 0 Å². The summed E-state index contributed by atoms with van der Waals surface area (Å²) in [5, 5.41) is 10.5. The van der Waals surface area contributed by atoms with Crippen LogP contribution >= 0.6 is 0 Å². The van der Waals surface area contributed by atoms with Crippen LogP contribution in [0.3, 0.4) is 0 Å². The highest BCUT2D eigenvalue weighted by Gasteiger charge is 2.29. The number of hydrogen-bond donors (Lipinski definition) is 2. The van der Waals surface area contributed by atoms with Gasteiger partial charge in [0, 0.05) is 6.54 Å². The van der Waals surface area contributed by atoms with Crippen molar-refractivity contribution in [1.82, 2.24) is 5.32 Å². The average Bonchev–Trinajstić information content (AvgIpc) is 2.09. The summed E-state index contributed by atoms with van der Waals surface area (Å²) in [5.41, 5.74) is 0. The lowest BCUT2D eigenvalue weighted by Gasteiger charge is -2.14. The Morgan fingerprint density at radius 1 is 1.57 bits per heavy atom. The molecule has 1 atom stereocenters. The van der Waals surface area contributed by atoms with Crippen LogP contribution in [0.4, 0.5) is 13.2 Å². The topological polar surface area (TPSA) is 58.6 Å². The van der Waals surface area contributed by atoms with Crippen LogP contribution in [0.2, 0.25) is 0 Å². The van der Waals surface area contributed by atoms with Gasteiger partial charge in [-0.1, -0.05) is 0 Å². The summed E-state index contributed by atoms with van der Waals surface area (Å²) in [6.07, 6.45) is -5.62. The second kappa shape index (κ2) is 5.82. The summed E-state index contributed by atoms with van der Waals surface area (Å²) in [4.78, 5) is 10.9. The molecule has 0 saturated heterocycles. The molecule has 0 fully saturated rings. The van der Waals surface area contributed by atoms with E-state index in [1.165, 1.54) is 6.92 Å². The molecule has 1 amide bonds. The number of alkyl halides is 3. The SMILES string of the molecule is CC(OCC(F)(F)F)C(=O)NCCO. The molecule has 0 aromatic heterocycles. The van der Waals surface area contributed by atoms with Crippen molar-refractivity contribution in [1.29, 1.82) is 0 Å². The number of nitrogens with one attached hydrogen (secondary N) is 1. The molecule has 0 radical (unpaired) electrons. The minimum Gasteiger partial charge on any atom is -0.395 e. The van der Waals surface area contributed by atoms with Crippen molar-refractivity contribution < 1.29 is 27.8 Å². The standard InChI is InChI=1S/C7H12F3NO3/c1-5(6(13)11-2-3-12)14-4-7(8,9)10/h5,12H,2-4H2,1H3,(H,11,13). The van der Waals surface area contributed by atoms with Gasteiger partial charge in [-0.2, -0.15) is 13.2 Å². The Balaban J connectivity index is 3.73. The Bertz CT molecular complexity index is 184. The van der Waals surface area contributed by atoms with Crippen molar-refractivity contribution in [3.63, 3.8) is 0 Å². The number of carbonyl (C=O) groups excluding carboxylic acids is 1. The van der Waals surface area contributed by atoms with Crippen LogP contribution in [-0.2, 0) is 9.53 Å². The highest BCUT2D eigenvalue weighted by atomic mass is 19.4. The zero-order valence-corrected chi connectivity index (χ0v) is 7.60. The van der Waals surface area contributed by atoms with Crippen LogP contribution in [0, 0.1) is 0 Å². The highest BCUT2D eigenvalue weighted by molar-refractivity contribution is 5.80. The molecule has 0 aromatic rings.